The van der Waals surface area contributed by atoms with Crippen LogP contribution in [0.2, 0.25) is 0 Å². The normalized spacial score (nSPS) is 14.6. The molecule has 10 nitrogen and oxygen atoms in total. The molecule has 1 aliphatic heterocycles. The SMILES string of the molecule is COc1ccc(NC(=O)CSc2nnc(-c3ccc(S(=O)(=O)N4CCOCC4)cc3)n2C)cc1. The third-order valence-corrected chi connectivity index (χ3v) is 8.19. The summed E-state index contributed by atoms with van der Waals surface area (Å²) in [6.07, 6.45) is 0. The number of morpholine rings is 1. The van der Waals surface area contributed by atoms with Crippen molar-refractivity contribution < 1.29 is 22.7 Å². The molecule has 0 radical (unpaired) electrons. The third-order valence-electron chi connectivity index (χ3n) is 5.26. The number of carbonyl (C=O) groups excluding carboxylic acids is 1. The van der Waals surface area contributed by atoms with Crippen LogP contribution in [-0.2, 0) is 26.6 Å². The smallest absolute Gasteiger partial charge is 0.243 e. The Morgan fingerprint density at radius 2 is 1.76 bits per heavy atom. The summed E-state index contributed by atoms with van der Waals surface area (Å²) in [4.78, 5) is 12.5. The van der Waals surface area contributed by atoms with E-state index in [2.05, 4.69) is 15.5 Å². The largest absolute Gasteiger partial charge is 0.497 e. The van der Waals surface area contributed by atoms with Crippen molar-refractivity contribution in [1.82, 2.24) is 19.1 Å². The second-order valence-electron chi connectivity index (χ2n) is 7.47. The number of aromatic nitrogens is 3. The van der Waals surface area contributed by atoms with Crippen LogP contribution >= 0.6 is 11.8 Å². The molecule has 3 aromatic rings. The Morgan fingerprint density at radius 1 is 1.09 bits per heavy atom. The van der Waals surface area contributed by atoms with Crippen molar-refractivity contribution in [2.75, 3.05) is 44.5 Å². The molecule has 12 heteroatoms. The predicted molar refractivity (Wildman–Crippen MR) is 128 cm³/mol. The number of rotatable bonds is 8. The highest BCUT2D eigenvalue weighted by Gasteiger charge is 2.26. The number of anilines is 1. The van der Waals surface area contributed by atoms with Crippen molar-refractivity contribution in [1.29, 1.82) is 0 Å². The fraction of sp³-hybridized carbons (Fsp3) is 0.318. The number of hydrogen-bond acceptors (Lipinski definition) is 8. The number of thioether (sulfide) groups is 1. The molecular formula is C22H25N5O5S2. The first kappa shape index (κ1) is 24.2. The van der Waals surface area contributed by atoms with Crippen LogP contribution in [-0.4, -0.2) is 72.6 Å². The Morgan fingerprint density at radius 3 is 2.41 bits per heavy atom. The zero-order valence-corrected chi connectivity index (χ0v) is 20.4. The standard InChI is InChI=1S/C22H25N5O5S2/c1-26-21(16-3-9-19(10-4-16)34(29,30)27-11-13-32-14-12-27)24-25-22(26)33-15-20(28)23-17-5-7-18(31-2)8-6-17/h3-10H,11-15H2,1-2H3,(H,23,28). The lowest BCUT2D eigenvalue weighted by Gasteiger charge is -2.26. The first-order valence-electron chi connectivity index (χ1n) is 10.5. The highest BCUT2D eigenvalue weighted by Crippen LogP contribution is 2.25. The lowest BCUT2D eigenvalue weighted by Crippen LogP contribution is -2.40. The van der Waals surface area contributed by atoms with Crippen LogP contribution in [0.4, 0.5) is 5.69 Å². The highest BCUT2D eigenvalue weighted by atomic mass is 32.2. The number of benzene rings is 2. The summed E-state index contributed by atoms with van der Waals surface area (Å²) in [5, 5.41) is 11.8. The maximum atomic E-state index is 12.8. The number of amides is 1. The van der Waals surface area contributed by atoms with Gasteiger partial charge < -0.3 is 19.4 Å². The van der Waals surface area contributed by atoms with Gasteiger partial charge >= 0.3 is 0 Å². The lowest BCUT2D eigenvalue weighted by molar-refractivity contribution is -0.113. The Kier molecular flexibility index (Phi) is 7.51. The Balaban J connectivity index is 1.39. The van der Waals surface area contributed by atoms with Crippen LogP contribution in [0.5, 0.6) is 5.75 Å². The fourth-order valence-electron chi connectivity index (χ4n) is 3.41. The summed E-state index contributed by atoms with van der Waals surface area (Å²) in [7, 11) is -0.172. The number of nitrogens with one attached hydrogen (secondary N) is 1. The summed E-state index contributed by atoms with van der Waals surface area (Å²) < 4.78 is 39.2. The van der Waals surface area contributed by atoms with Crippen molar-refractivity contribution in [3.63, 3.8) is 0 Å². The number of hydrogen-bond donors (Lipinski definition) is 1. The molecule has 0 aliphatic carbocycles. The monoisotopic (exact) mass is 503 g/mol. The number of nitrogens with zero attached hydrogens (tertiary/aromatic N) is 4. The molecule has 2 aromatic carbocycles. The summed E-state index contributed by atoms with van der Waals surface area (Å²) >= 11 is 1.26. The quantitative estimate of drug-likeness (QED) is 0.466. The Bertz CT molecular complexity index is 1240. The van der Waals surface area contributed by atoms with Gasteiger partial charge in [0.25, 0.3) is 0 Å². The predicted octanol–water partition coefficient (Wildman–Crippen LogP) is 2.24. The summed E-state index contributed by atoms with van der Waals surface area (Å²) in [5.74, 6) is 1.28. The summed E-state index contributed by atoms with van der Waals surface area (Å²) in [5.41, 5.74) is 1.41. The molecule has 1 amide bonds. The first-order valence-corrected chi connectivity index (χ1v) is 13.0. The second-order valence-corrected chi connectivity index (χ2v) is 10.4. The molecule has 1 fully saturated rings. The molecule has 0 spiro atoms. The van der Waals surface area contributed by atoms with Gasteiger partial charge in [-0.15, -0.1) is 10.2 Å². The molecule has 0 saturated carbocycles. The number of ether oxygens (including phenoxy) is 2. The van der Waals surface area contributed by atoms with E-state index in [4.69, 9.17) is 9.47 Å². The zero-order valence-electron chi connectivity index (χ0n) is 18.8. The molecule has 0 bridgehead atoms. The number of carbonyl (C=O) groups is 1. The maximum absolute atomic E-state index is 12.8. The molecule has 0 unspecified atom stereocenters. The van der Waals surface area contributed by atoms with Crippen LogP contribution < -0.4 is 10.1 Å². The van der Waals surface area contributed by atoms with E-state index in [1.54, 1.807) is 67.3 Å². The van der Waals surface area contributed by atoms with E-state index in [1.165, 1.54) is 16.1 Å². The van der Waals surface area contributed by atoms with Gasteiger partial charge in [-0.2, -0.15) is 4.31 Å². The van der Waals surface area contributed by atoms with Crippen LogP contribution in [0.25, 0.3) is 11.4 Å². The average Bonchev–Trinajstić information content (AvgIpc) is 3.24. The molecule has 1 N–H and O–H groups in total. The number of sulfonamides is 1. The fourth-order valence-corrected chi connectivity index (χ4v) is 5.52. The van der Waals surface area contributed by atoms with Crippen molar-refractivity contribution in [3.05, 3.63) is 48.5 Å². The van der Waals surface area contributed by atoms with Crippen molar-refractivity contribution in [2.24, 2.45) is 7.05 Å². The summed E-state index contributed by atoms with van der Waals surface area (Å²) in [6, 6.07) is 13.7. The molecule has 4 rings (SSSR count). The Hall–Kier alpha value is -2.93. The van der Waals surface area contributed by atoms with E-state index < -0.39 is 10.0 Å². The number of methoxy groups -OCH3 is 1. The van der Waals surface area contributed by atoms with Crippen molar-refractivity contribution in [2.45, 2.75) is 10.1 Å². The minimum atomic E-state index is -3.56. The van der Waals surface area contributed by atoms with Gasteiger partial charge in [0.1, 0.15) is 5.75 Å². The highest BCUT2D eigenvalue weighted by molar-refractivity contribution is 7.99. The molecule has 2 heterocycles. The van der Waals surface area contributed by atoms with Crippen LogP contribution in [0.1, 0.15) is 0 Å². The van der Waals surface area contributed by atoms with Gasteiger partial charge in [0.2, 0.25) is 15.9 Å². The molecule has 180 valence electrons. The topological polar surface area (TPSA) is 116 Å². The van der Waals surface area contributed by atoms with E-state index in [0.29, 0.717) is 48.7 Å². The molecule has 1 aliphatic rings. The van der Waals surface area contributed by atoms with Gasteiger partial charge in [0.15, 0.2) is 11.0 Å². The van der Waals surface area contributed by atoms with E-state index in [9.17, 15) is 13.2 Å². The van der Waals surface area contributed by atoms with Crippen LogP contribution in [0.3, 0.4) is 0 Å². The van der Waals surface area contributed by atoms with E-state index in [-0.39, 0.29) is 16.6 Å². The molecule has 1 aromatic heterocycles. The maximum Gasteiger partial charge on any atom is 0.243 e. The summed E-state index contributed by atoms with van der Waals surface area (Å²) in [6.45, 7) is 1.49. The van der Waals surface area contributed by atoms with Gasteiger partial charge in [-0.05, 0) is 48.5 Å². The third kappa shape index (κ3) is 5.41. The van der Waals surface area contributed by atoms with Gasteiger partial charge in [0, 0.05) is 31.4 Å². The van der Waals surface area contributed by atoms with Gasteiger partial charge in [-0.25, -0.2) is 8.42 Å². The average molecular weight is 504 g/mol. The molecule has 1 saturated heterocycles. The minimum Gasteiger partial charge on any atom is -0.497 e. The zero-order chi connectivity index (χ0) is 24.1. The molecule has 34 heavy (non-hydrogen) atoms. The van der Waals surface area contributed by atoms with Crippen molar-refractivity contribution >= 4 is 33.4 Å². The van der Waals surface area contributed by atoms with Gasteiger partial charge in [-0.3, -0.25) is 4.79 Å². The lowest BCUT2D eigenvalue weighted by atomic mass is 10.2. The minimum absolute atomic E-state index is 0.161. The van der Waals surface area contributed by atoms with Crippen LogP contribution in [0.15, 0.2) is 58.6 Å². The van der Waals surface area contributed by atoms with E-state index in [1.807, 2.05) is 0 Å². The van der Waals surface area contributed by atoms with Gasteiger partial charge in [0.05, 0.1) is 31.0 Å². The van der Waals surface area contributed by atoms with Crippen LogP contribution in [0, 0.1) is 0 Å². The van der Waals surface area contributed by atoms with Gasteiger partial charge in [-0.1, -0.05) is 11.8 Å². The van der Waals surface area contributed by atoms with E-state index >= 15 is 0 Å². The van der Waals surface area contributed by atoms with E-state index in [0.717, 1.165) is 5.56 Å². The Labute approximate surface area is 202 Å². The second kappa shape index (κ2) is 10.6. The first-order chi connectivity index (χ1) is 16.4. The van der Waals surface area contributed by atoms with Crippen molar-refractivity contribution in [3.8, 4) is 17.1 Å². The molecule has 0 atom stereocenters. The molecular weight excluding hydrogens is 478 g/mol.